The van der Waals surface area contributed by atoms with E-state index >= 15 is 0 Å². The molecule has 6 nitrogen and oxygen atoms in total. The third-order valence-corrected chi connectivity index (χ3v) is 2.37. The first kappa shape index (κ1) is 13.8. The zero-order chi connectivity index (χ0) is 13.5. The molecule has 98 valence electrons. The van der Waals surface area contributed by atoms with Crippen molar-refractivity contribution in [2.24, 2.45) is 5.73 Å². The Balaban J connectivity index is 2.30. The first-order valence-electron chi connectivity index (χ1n) is 5.55. The molecule has 0 saturated heterocycles. The molecule has 0 aromatic heterocycles. The topological polar surface area (TPSA) is 113 Å². The fourth-order valence-corrected chi connectivity index (χ4v) is 1.40. The van der Waals surface area contributed by atoms with Gasteiger partial charge in [0.2, 0.25) is 11.8 Å². The number of primary amides is 1. The van der Waals surface area contributed by atoms with Gasteiger partial charge in [-0.15, -0.1) is 0 Å². The average molecular weight is 252 g/mol. The lowest BCUT2D eigenvalue weighted by atomic mass is 10.1. The number of nitrogens with one attached hydrogen (secondary N) is 1. The van der Waals surface area contributed by atoms with E-state index in [1.165, 1.54) is 12.1 Å². The minimum absolute atomic E-state index is 0.0336. The second kappa shape index (κ2) is 6.48. The highest BCUT2D eigenvalue weighted by Gasteiger charge is 2.04. The van der Waals surface area contributed by atoms with Crippen LogP contribution in [0.4, 0.5) is 0 Å². The Hall–Kier alpha value is -2.24. The van der Waals surface area contributed by atoms with Crippen LogP contribution in [0.25, 0.3) is 0 Å². The SMILES string of the molecule is NC(=O)CCC(=O)NCCc1ccc(O)c(O)c1. The molecular formula is C12H16N2O4. The molecule has 18 heavy (non-hydrogen) atoms. The van der Waals surface area contributed by atoms with Crippen molar-refractivity contribution in [3.05, 3.63) is 23.8 Å². The van der Waals surface area contributed by atoms with Gasteiger partial charge >= 0.3 is 0 Å². The molecule has 0 fully saturated rings. The van der Waals surface area contributed by atoms with Crippen molar-refractivity contribution in [3.63, 3.8) is 0 Å². The van der Waals surface area contributed by atoms with Gasteiger partial charge in [0.25, 0.3) is 0 Å². The number of benzene rings is 1. The second-order valence-corrected chi connectivity index (χ2v) is 3.89. The van der Waals surface area contributed by atoms with Gasteiger partial charge in [-0.2, -0.15) is 0 Å². The lowest BCUT2D eigenvalue weighted by Crippen LogP contribution is -2.26. The number of carbonyl (C=O) groups excluding carboxylic acids is 2. The van der Waals surface area contributed by atoms with E-state index in [-0.39, 0.29) is 30.2 Å². The highest BCUT2D eigenvalue weighted by atomic mass is 16.3. The number of aromatic hydroxyl groups is 2. The van der Waals surface area contributed by atoms with Crippen LogP contribution in [0.5, 0.6) is 11.5 Å². The molecule has 0 atom stereocenters. The van der Waals surface area contributed by atoms with Crippen molar-refractivity contribution in [2.75, 3.05) is 6.54 Å². The van der Waals surface area contributed by atoms with Gasteiger partial charge in [-0.25, -0.2) is 0 Å². The Labute approximate surface area is 104 Å². The van der Waals surface area contributed by atoms with E-state index in [9.17, 15) is 14.7 Å². The molecule has 0 aliphatic heterocycles. The Kier molecular flexibility index (Phi) is 4.98. The first-order chi connectivity index (χ1) is 8.49. The summed E-state index contributed by atoms with van der Waals surface area (Å²) in [5, 5.41) is 21.0. The molecule has 5 N–H and O–H groups in total. The van der Waals surface area contributed by atoms with Gasteiger partial charge in [0.05, 0.1) is 0 Å². The molecule has 0 saturated carbocycles. The minimum atomic E-state index is -0.506. The molecule has 1 rings (SSSR count). The zero-order valence-electron chi connectivity index (χ0n) is 9.85. The van der Waals surface area contributed by atoms with E-state index in [1.54, 1.807) is 6.07 Å². The largest absolute Gasteiger partial charge is 0.504 e. The Bertz CT molecular complexity index is 446. The summed E-state index contributed by atoms with van der Waals surface area (Å²) in [5.74, 6) is -1.11. The van der Waals surface area contributed by atoms with E-state index in [1.807, 2.05) is 0 Å². The summed E-state index contributed by atoms with van der Waals surface area (Å²) in [6, 6.07) is 4.48. The van der Waals surface area contributed by atoms with Gasteiger partial charge in [0.15, 0.2) is 11.5 Å². The quantitative estimate of drug-likeness (QED) is 0.534. The summed E-state index contributed by atoms with van der Waals surface area (Å²) < 4.78 is 0. The minimum Gasteiger partial charge on any atom is -0.504 e. The standard InChI is InChI=1S/C12H16N2O4/c13-11(17)3-4-12(18)14-6-5-8-1-2-9(15)10(16)7-8/h1-2,7,15-16H,3-6H2,(H2,13,17)(H,14,18). The summed E-state index contributed by atoms with van der Waals surface area (Å²) >= 11 is 0. The molecule has 6 heteroatoms. The van der Waals surface area contributed by atoms with Crippen LogP contribution in [-0.2, 0) is 16.0 Å². The molecule has 0 spiro atoms. The van der Waals surface area contributed by atoms with Gasteiger partial charge in [0, 0.05) is 19.4 Å². The summed E-state index contributed by atoms with van der Waals surface area (Å²) in [6.45, 7) is 0.391. The van der Waals surface area contributed by atoms with Crippen LogP contribution in [0.15, 0.2) is 18.2 Å². The fraction of sp³-hybridized carbons (Fsp3) is 0.333. The lowest BCUT2D eigenvalue weighted by molar-refractivity contribution is -0.125. The van der Waals surface area contributed by atoms with Crippen LogP contribution in [0.3, 0.4) is 0 Å². The van der Waals surface area contributed by atoms with E-state index < -0.39 is 5.91 Å². The molecule has 0 unspecified atom stereocenters. The summed E-state index contributed by atoms with van der Waals surface area (Å²) in [4.78, 5) is 21.7. The van der Waals surface area contributed by atoms with Gasteiger partial charge < -0.3 is 21.3 Å². The normalized spacial score (nSPS) is 10.0. The number of rotatable bonds is 6. The second-order valence-electron chi connectivity index (χ2n) is 3.89. The zero-order valence-corrected chi connectivity index (χ0v) is 9.85. The average Bonchev–Trinajstić information content (AvgIpc) is 2.31. The highest BCUT2D eigenvalue weighted by Crippen LogP contribution is 2.24. The maximum Gasteiger partial charge on any atom is 0.220 e. The Morgan fingerprint density at radius 1 is 1.17 bits per heavy atom. The Morgan fingerprint density at radius 3 is 2.50 bits per heavy atom. The summed E-state index contributed by atoms with van der Waals surface area (Å²) in [5.41, 5.74) is 5.71. The molecule has 0 aliphatic rings. The van der Waals surface area contributed by atoms with Crippen LogP contribution in [0.1, 0.15) is 18.4 Å². The summed E-state index contributed by atoms with van der Waals surface area (Å²) in [6.07, 6.45) is 0.637. The molecule has 1 aromatic rings. The van der Waals surface area contributed by atoms with Crippen molar-refractivity contribution in [1.82, 2.24) is 5.32 Å². The molecule has 0 heterocycles. The smallest absolute Gasteiger partial charge is 0.220 e. The van der Waals surface area contributed by atoms with Crippen LogP contribution in [0.2, 0.25) is 0 Å². The number of phenols is 2. The number of phenolic OH excluding ortho intramolecular Hbond substituents is 2. The van der Waals surface area contributed by atoms with Gasteiger partial charge in [-0.05, 0) is 24.1 Å². The predicted molar refractivity (Wildman–Crippen MR) is 64.9 cm³/mol. The molecular weight excluding hydrogens is 236 g/mol. The Morgan fingerprint density at radius 2 is 1.89 bits per heavy atom. The first-order valence-corrected chi connectivity index (χ1v) is 5.55. The molecule has 0 aliphatic carbocycles. The molecule has 0 bridgehead atoms. The maximum absolute atomic E-state index is 11.3. The van der Waals surface area contributed by atoms with Crippen molar-refractivity contribution < 1.29 is 19.8 Å². The van der Waals surface area contributed by atoms with Crippen LogP contribution >= 0.6 is 0 Å². The number of carbonyl (C=O) groups is 2. The van der Waals surface area contributed by atoms with Crippen LogP contribution in [0, 0.1) is 0 Å². The van der Waals surface area contributed by atoms with Gasteiger partial charge in [-0.1, -0.05) is 6.07 Å². The van der Waals surface area contributed by atoms with Crippen molar-refractivity contribution in [2.45, 2.75) is 19.3 Å². The third kappa shape index (κ3) is 4.73. The van der Waals surface area contributed by atoms with Crippen LogP contribution < -0.4 is 11.1 Å². The number of hydrogen-bond donors (Lipinski definition) is 4. The molecule has 1 aromatic carbocycles. The van der Waals surface area contributed by atoms with Crippen molar-refractivity contribution >= 4 is 11.8 Å². The highest BCUT2D eigenvalue weighted by molar-refractivity contribution is 5.82. The van der Waals surface area contributed by atoms with E-state index in [0.717, 1.165) is 5.56 Å². The number of amides is 2. The maximum atomic E-state index is 11.3. The van der Waals surface area contributed by atoms with Crippen molar-refractivity contribution in [3.8, 4) is 11.5 Å². The fourth-order valence-electron chi connectivity index (χ4n) is 1.40. The monoisotopic (exact) mass is 252 g/mol. The predicted octanol–water partition coefficient (Wildman–Crippen LogP) is 0.0220. The summed E-state index contributed by atoms with van der Waals surface area (Å²) in [7, 11) is 0. The molecule has 2 amide bonds. The van der Waals surface area contributed by atoms with Crippen LogP contribution in [-0.4, -0.2) is 28.6 Å². The van der Waals surface area contributed by atoms with Gasteiger partial charge in [-0.3, -0.25) is 9.59 Å². The lowest BCUT2D eigenvalue weighted by Gasteiger charge is -2.05. The number of nitrogens with two attached hydrogens (primary N) is 1. The van der Waals surface area contributed by atoms with Crippen molar-refractivity contribution in [1.29, 1.82) is 0 Å². The third-order valence-electron chi connectivity index (χ3n) is 2.37. The van der Waals surface area contributed by atoms with E-state index in [0.29, 0.717) is 13.0 Å². The van der Waals surface area contributed by atoms with Gasteiger partial charge in [0.1, 0.15) is 0 Å². The van der Waals surface area contributed by atoms with E-state index in [4.69, 9.17) is 10.8 Å². The van der Waals surface area contributed by atoms with E-state index in [2.05, 4.69) is 5.32 Å². The number of hydrogen-bond acceptors (Lipinski definition) is 4. The molecule has 0 radical (unpaired) electrons.